The number of hydrogen-bond acceptors (Lipinski definition) is 8. The number of anilines is 1. The number of thiophene rings is 1. The maximum Gasteiger partial charge on any atom is 0.387 e. The van der Waals surface area contributed by atoms with E-state index in [4.69, 9.17) is 4.74 Å². The lowest BCUT2D eigenvalue weighted by atomic mass is 10.3. The molecule has 0 aliphatic carbocycles. The molecule has 1 amide bonds. The molecule has 0 atom stereocenters. The molecule has 0 bridgehead atoms. The summed E-state index contributed by atoms with van der Waals surface area (Å²) in [5.74, 6) is -1.32. The lowest BCUT2D eigenvalue weighted by Gasteiger charge is -2.11. The zero-order valence-corrected chi connectivity index (χ0v) is 14.9. The summed E-state index contributed by atoms with van der Waals surface area (Å²) in [5.41, 5.74) is 0.802. The van der Waals surface area contributed by atoms with E-state index in [9.17, 15) is 18.4 Å². The van der Waals surface area contributed by atoms with Crippen molar-refractivity contribution in [3.63, 3.8) is 0 Å². The van der Waals surface area contributed by atoms with Gasteiger partial charge in [-0.25, -0.2) is 4.79 Å². The number of carbonyl (C=O) groups is 2. The summed E-state index contributed by atoms with van der Waals surface area (Å²) in [7, 11) is 0. The van der Waals surface area contributed by atoms with Crippen molar-refractivity contribution in [3.8, 4) is 17.1 Å². The number of para-hydroxylation sites is 2. The molecule has 3 rings (SSSR count). The van der Waals surface area contributed by atoms with E-state index in [1.165, 1.54) is 35.6 Å². The molecule has 2 heterocycles. The zero-order valence-electron chi connectivity index (χ0n) is 14.1. The summed E-state index contributed by atoms with van der Waals surface area (Å²) < 4.78 is 33.9. The third-order valence-electron chi connectivity index (χ3n) is 3.24. The van der Waals surface area contributed by atoms with Crippen molar-refractivity contribution in [3.05, 3.63) is 41.1 Å². The number of aromatic nitrogens is 4. The molecule has 0 saturated carbocycles. The van der Waals surface area contributed by atoms with Gasteiger partial charge in [0.1, 0.15) is 5.75 Å². The van der Waals surface area contributed by atoms with Crippen molar-refractivity contribution in [1.29, 1.82) is 0 Å². The predicted molar refractivity (Wildman–Crippen MR) is 93.8 cm³/mol. The third kappa shape index (κ3) is 5.30. The molecule has 0 aliphatic rings. The first kappa shape index (κ1) is 19.4. The number of benzene rings is 1. The Kier molecular flexibility index (Phi) is 6.22. The van der Waals surface area contributed by atoms with Crippen LogP contribution in [0, 0.1) is 0 Å². The van der Waals surface area contributed by atoms with Gasteiger partial charge in [-0.05, 0) is 28.8 Å². The van der Waals surface area contributed by atoms with Crippen molar-refractivity contribution in [2.45, 2.75) is 13.2 Å². The quantitative estimate of drug-likeness (QED) is 0.568. The number of rotatable bonds is 8. The molecule has 0 spiro atoms. The van der Waals surface area contributed by atoms with Gasteiger partial charge >= 0.3 is 12.6 Å². The zero-order chi connectivity index (χ0) is 19.9. The van der Waals surface area contributed by atoms with Gasteiger partial charge < -0.3 is 14.8 Å². The summed E-state index contributed by atoms with van der Waals surface area (Å²) >= 11 is 1.47. The highest BCUT2D eigenvalue weighted by Crippen LogP contribution is 2.25. The number of tetrazole rings is 1. The Hall–Kier alpha value is -3.41. The van der Waals surface area contributed by atoms with Crippen LogP contribution >= 0.6 is 11.3 Å². The van der Waals surface area contributed by atoms with Gasteiger partial charge in [-0.2, -0.15) is 24.9 Å². The number of nitrogens with zero attached hydrogens (tertiary/aromatic N) is 4. The van der Waals surface area contributed by atoms with Crippen LogP contribution in [0.3, 0.4) is 0 Å². The Bertz CT molecular complexity index is 948. The van der Waals surface area contributed by atoms with Crippen molar-refractivity contribution in [2.75, 3.05) is 11.9 Å². The van der Waals surface area contributed by atoms with Gasteiger partial charge in [-0.15, -0.1) is 10.2 Å². The SMILES string of the molecule is O=C(COC(=O)Cn1nnc(-c2ccsc2)n1)Nc1ccccc1OC(F)F. The summed E-state index contributed by atoms with van der Waals surface area (Å²) in [4.78, 5) is 24.8. The molecule has 0 unspecified atom stereocenters. The minimum absolute atomic E-state index is 0.0298. The molecule has 146 valence electrons. The van der Waals surface area contributed by atoms with Gasteiger partial charge in [0.25, 0.3) is 5.91 Å². The first-order chi connectivity index (χ1) is 13.5. The summed E-state index contributed by atoms with van der Waals surface area (Å²) in [5, 5.41) is 17.6. The number of alkyl halides is 2. The Morgan fingerprint density at radius 2 is 2.07 bits per heavy atom. The van der Waals surface area contributed by atoms with E-state index >= 15 is 0 Å². The highest BCUT2D eigenvalue weighted by Gasteiger charge is 2.14. The van der Waals surface area contributed by atoms with Crippen molar-refractivity contribution >= 4 is 28.9 Å². The molecule has 28 heavy (non-hydrogen) atoms. The van der Waals surface area contributed by atoms with Crippen LogP contribution in [0.25, 0.3) is 11.4 Å². The summed E-state index contributed by atoms with van der Waals surface area (Å²) in [6.07, 6.45) is 0. The Labute approximate surface area is 160 Å². The van der Waals surface area contributed by atoms with Gasteiger partial charge in [0.15, 0.2) is 13.2 Å². The van der Waals surface area contributed by atoms with Crippen LogP contribution in [0.1, 0.15) is 0 Å². The highest BCUT2D eigenvalue weighted by molar-refractivity contribution is 7.08. The second-order valence-corrected chi connectivity index (χ2v) is 6.02. The first-order valence-electron chi connectivity index (χ1n) is 7.81. The number of nitrogens with one attached hydrogen (secondary N) is 1. The molecule has 1 N–H and O–H groups in total. The van der Waals surface area contributed by atoms with Crippen LogP contribution in [-0.4, -0.2) is 45.3 Å². The maximum atomic E-state index is 12.4. The fraction of sp³-hybridized carbons (Fsp3) is 0.188. The minimum atomic E-state index is -3.04. The fourth-order valence-corrected chi connectivity index (χ4v) is 2.71. The normalized spacial score (nSPS) is 10.7. The highest BCUT2D eigenvalue weighted by atomic mass is 32.1. The number of halogens is 2. The van der Waals surface area contributed by atoms with E-state index in [1.54, 1.807) is 0 Å². The lowest BCUT2D eigenvalue weighted by Crippen LogP contribution is -2.24. The van der Waals surface area contributed by atoms with Crippen LogP contribution in [0.5, 0.6) is 5.75 Å². The largest absolute Gasteiger partial charge is 0.454 e. The number of esters is 1. The smallest absolute Gasteiger partial charge is 0.387 e. The first-order valence-corrected chi connectivity index (χ1v) is 8.75. The van der Waals surface area contributed by atoms with E-state index in [1.807, 2.05) is 16.8 Å². The van der Waals surface area contributed by atoms with E-state index in [-0.39, 0.29) is 18.0 Å². The van der Waals surface area contributed by atoms with Gasteiger partial charge in [0.2, 0.25) is 5.82 Å². The van der Waals surface area contributed by atoms with Crippen LogP contribution in [0.2, 0.25) is 0 Å². The standard InChI is InChI=1S/C16H13F2N5O4S/c17-16(18)27-12-4-2-1-3-11(12)19-13(24)8-26-14(25)7-23-21-15(20-22-23)10-5-6-28-9-10/h1-6,9,16H,7-8H2,(H,19,24). The van der Waals surface area contributed by atoms with Gasteiger partial charge in [-0.3, -0.25) is 4.79 Å². The number of hydrogen-bond donors (Lipinski definition) is 1. The Morgan fingerprint density at radius 1 is 1.25 bits per heavy atom. The van der Waals surface area contributed by atoms with Gasteiger partial charge in [0, 0.05) is 10.9 Å². The molecule has 1 aromatic carbocycles. The molecule has 0 aliphatic heterocycles. The summed E-state index contributed by atoms with van der Waals surface area (Å²) in [6, 6.07) is 7.46. The van der Waals surface area contributed by atoms with Crippen LogP contribution in [0.4, 0.5) is 14.5 Å². The fourth-order valence-electron chi connectivity index (χ4n) is 2.08. The second kappa shape index (κ2) is 8.99. The third-order valence-corrected chi connectivity index (χ3v) is 3.93. The molecule has 12 heteroatoms. The molecular weight excluding hydrogens is 396 g/mol. The number of carbonyl (C=O) groups excluding carboxylic acids is 2. The van der Waals surface area contributed by atoms with Crippen molar-refractivity contribution < 1.29 is 27.8 Å². The van der Waals surface area contributed by atoms with Crippen LogP contribution < -0.4 is 10.1 Å². The Balaban J connectivity index is 1.49. The molecule has 0 saturated heterocycles. The van der Waals surface area contributed by atoms with Gasteiger partial charge in [0.05, 0.1) is 5.69 Å². The van der Waals surface area contributed by atoms with Crippen molar-refractivity contribution in [1.82, 2.24) is 20.2 Å². The maximum absolute atomic E-state index is 12.4. The molecule has 2 aromatic heterocycles. The molecule has 9 nitrogen and oxygen atoms in total. The average Bonchev–Trinajstić information content (AvgIpc) is 3.33. The van der Waals surface area contributed by atoms with E-state index in [0.717, 1.165) is 10.4 Å². The Morgan fingerprint density at radius 3 is 2.82 bits per heavy atom. The molecular formula is C16H13F2N5O4S. The number of ether oxygens (including phenoxy) is 2. The van der Waals surface area contributed by atoms with E-state index < -0.39 is 25.1 Å². The van der Waals surface area contributed by atoms with E-state index in [2.05, 4.69) is 25.5 Å². The molecule has 0 fully saturated rings. The van der Waals surface area contributed by atoms with E-state index in [0.29, 0.717) is 5.82 Å². The van der Waals surface area contributed by atoms with Crippen LogP contribution in [0.15, 0.2) is 41.1 Å². The number of amides is 1. The second-order valence-electron chi connectivity index (χ2n) is 5.24. The van der Waals surface area contributed by atoms with Crippen molar-refractivity contribution in [2.24, 2.45) is 0 Å². The van der Waals surface area contributed by atoms with Crippen LogP contribution in [-0.2, 0) is 20.9 Å². The van der Waals surface area contributed by atoms with Gasteiger partial charge in [-0.1, -0.05) is 12.1 Å². The molecule has 0 radical (unpaired) electrons. The predicted octanol–water partition coefficient (Wildman–Crippen LogP) is 2.18. The monoisotopic (exact) mass is 409 g/mol. The lowest BCUT2D eigenvalue weighted by molar-refractivity contribution is -0.148. The average molecular weight is 409 g/mol. The molecule has 3 aromatic rings. The minimum Gasteiger partial charge on any atom is -0.454 e. The summed E-state index contributed by atoms with van der Waals surface area (Å²) in [6.45, 7) is -3.99. The topological polar surface area (TPSA) is 108 Å².